The first-order valence-corrected chi connectivity index (χ1v) is 11.5. The van der Waals surface area contributed by atoms with Crippen LogP contribution in [0.5, 0.6) is 11.5 Å². The molecule has 7 nitrogen and oxygen atoms in total. The third-order valence-corrected chi connectivity index (χ3v) is 6.02. The molecule has 2 aromatic carbocycles. The predicted molar refractivity (Wildman–Crippen MR) is 120 cm³/mol. The summed E-state index contributed by atoms with van der Waals surface area (Å²) < 4.78 is 27.2. The fourth-order valence-corrected chi connectivity index (χ4v) is 4.22. The quantitative estimate of drug-likeness (QED) is 0.538. The van der Waals surface area contributed by atoms with E-state index in [4.69, 9.17) is 9.47 Å². The second-order valence-corrected chi connectivity index (χ2v) is 8.71. The highest BCUT2D eigenvalue weighted by molar-refractivity contribution is 7.99. The Hall–Kier alpha value is -3.07. The molecule has 9 heteroatoms. The lowest BCUT2D eigenvalue weighted by molar-refractivity contribution is -0.119. The van der Waals surface area contributed by atoms with Crippen molar-refractivity contribution in [1.82, 2.24) is 20.1 Å². The Morgan fingerprint density at radius 3 is 2.75 bits per heavy atom. The summed E-state index contributed by atoms with van der Waals surface area (Å²) in [6.45, 7) is 5.34. The summed E-state index contributed by atoms with van der Waals surface area (Å²) >= 11 is 1.21. The van der Waals surface area contributed by atoms with Gasteiger partial charge in [0.25, 0.3) is 0 Å². The van der Waals surface area contributed by atoms with Crippen LogP contribution in [0.4, 0.5) is 4.39 Å². The molecule has 0 saturated heterocycles. The Balaban J connectivity index is 1.44. The molecule has 1 unspecified atom stereocenters. The Bertz CT molecular complexity index is 1090. The van der Waals surface area contributed by atoms with Crippen molar-refractivity contribution in [3.05, 3.63) is 60.2 Å². The number of fused-ring (bicyclic) bond motifs is 1. The van der Waals surface area contributed by atoms with E-state index >= 15 is 0 Å². The highest BCUT2D eigenvalue weighted by Crippen LogP contribution is 2.34. The largest absolute Gasteiger partial charge is 0.490 e. The first kappa shape index (κ1) is 22.1. The van der Waals surface area contributed by atoms with Gasteiger partial charge in [-0.1, -0.05) is 43.8 Å². The first-order chi connectivity index (χ1) is 15.5. The monoisotopic (exact) mass is 456 g/mol. The third kappa shape index (κ3) is 5.04. The number of benzene rings is 2. The molecular weight excluding hydrogens is 431 g/mol. The summed E-state index contributed by atoms with van der Waals surface area (Å²) in [5.41, 5.74) is 1.30. The SMILES string of the molecule is CC(C)C(NC(=O)CSc1nncn1-c1ccccc1F)c1ccc2c(c1)OCCCO2. The van der Waals surface area contributed by atoms with Gasteiger partial charge in [0, 0.05) is 6.42 Å². The van der Waals surface area contributed by atoms with Gasteiger partial charge in [-0.25, -0.2) is 4.39 Å². The van der Waals surface area contributed by atoms with Gasteiger partial charge in [-0.05, 0) is 35.7 Å². The van der Waals surface area contributed by atoms with Crippen molar-refractivity contribution in [3.63, 3.8) is 0 Å². The number of nitrogens with zero attached hydrogens (tertiary/aromatic N) is 3. The molecule has 0 saturated carbocycles. The minimum Gasteiger partial charge on any atom is -0.490 e. The van der Waals surface area contributed by atoms with Crippen molar-refractivity contribution in [1.29, 1.82) is 0 Å². The molecule has 4 rings (SSSR count). The fourth-order valence-electron chi connectivity index (χ4n) is 3.49. The third-order valence-electron chi connectivity index (χ3n) is 5.07. The molecule has 168 valence electrons. The van der Waals surface area contributed by atoms with Crippen molar-refractivity contribution < 1.29 is 18.7 Å². The van der Waals surface area contributed by atoms with Gasteiger partial charge in [-0.3, -0.25) is 9.36 Å². The van der Waals surface area contributed by atoms with Crippen molar-refractivity contribution in [2.24, 2.45) is 5.92 Å². The molecule has 0 spiro atoms. The minimum absolute atomic E-state index is 0.126. The maximum atomic E-state index is 14.1. The van der Waals surface area contributed by atoms with Gasteiger partial charge in [0.15, 0.2) is 16.7 Å². The molecule has 1 N–H and O–H groups in total. The second-order valence-electron chi connectivity index (χ2n) is 7.77. The van der Waals surface area contributed by atoms with E-state index in [-0.39, 0.29) is 29.4 Å². The summed E-state index contributed by atoms with van der Waals surface area (Å²) in [4.78, 5) is 12.8. The van der Waals surface area contributed by atoms with Crippen molar-refractivity contribution in [2.45, 2.75) is 31.5 Å². The number of carbonyl (C=O) groups is 1. The zero-order valence-corrected chi connectivity index (χ0v) is 18.8. The molecule has 3 aromatic rings. The number of nitrogens with one attached hydrogen (secondary N) is 1. The summed E-state index contributed by atoms with van der Waals surface area (Å²) in [6.07, 6.45) is 2.27. The smallest absolute Gasteiger partial charge is 0.230 e. The zero-order valence-electron chi connectivity index (χ0n) is 18.0. The van der Waals surface area contributed by atoms with Gasteiger partial charge in [0.1, 0.15) is 12.1 Å². The second kappa shape index (κ2) is 10.0. The summed E-state index contributed by atoms with van der Waals surface area (Å²) in [5, 5.41) is 11.5. The van der Waals surface area contributed by atoms with Gasteiger partial charge < -0.3 is 14.8 Å². The van der Waals surface area contributed by atoms with Crippen LogP contribution in [-0.4, -0.2) is 39.6 Å². The van der Waals surface area contributed by atoms with Gasteiger partial charge in [0.05, 0.1) is 30.7 Å². The van der Waals surface area contributed by atoms with Crippen LogP contribution >= 0.6 is 11.8 Å². The molecule has 0 bridgehead atoms. The number of thioether (sulfide) groups is 1. The average molecular weight is 457 g/mol. The number of ether oxygens (including phenoxy) is 2. The van der Waals surface area contributed by atoms with E-state index in [2.05, 4.69) is 29.4 Å². The topological polar surface area (TPSA) is 78.3 Å². The van der Waals surface area contributed by atoms with E-state index in [0.29, 0.717) is 29.8 Å². The van der Waals surface area contributed by atoms with Crippen LogP contribution in [0.3, 0.4) is 0 Å². The molecular formula is C23H25FN4O3S. The number of para-hydroxylation sites is 1. The van der Waals surface area contributed by atoms with Crippen LogP contribution in [0.1, 0.15) is 31.9 Å². The van der Waals surface area contributed by atoms with Crippen molar-refractivity contribution in [3.8, 4) is 17.2 Å². The molecule has 1 aliphatic heterocycles. The lowest BCUT2D eigenvalue weighted by atomic mass is 9.95. The Morgan fingerprint density at radius 1 is 1.19 bits per heavy atom. The van der Waals surface area contributed by atoms with E-state index in [9.17, 15) is 9.18 Å². The lowest BCUT2D eigenvalue weighted by Gasteiger charge is -2.24. The fraction of sp³-hybridized carbons (Fsp3) is 0.348. The van der Waals surface area contributed by atoms with E-state index in [1.807, 2.05) is 18.2 Å². The van der Waals surface area contributed by atoms with Crippen LogP contribution in [0, 0.1) is 11.7 Å². The number of amides is 1. The minimum atomic E-state index is -0.382. The predicted octanol–water partition coefficient (Wildman–Crippen LogP) is 4.17. The number of halogens is 1. The van der Waals surface area contributed by atoms with Crippen LogP contribution in [-0.2, 0) is 4.79 Å². The number of aromatic nitrogens is 3. The lowest BCUT2D eigenvalue weighted by Crippen LogP contribution is -2.33. The molecule has 0 aliphatic carbocycles. The van der Waals surface area contributed by atoms with E-state index < -0.39 is 0 Å². The summed E-state index contributed by atoms with van der Waals surface area (Å²) in [5.74, 6) is 1.18. The van der Waals surface area contributed by atoms with E-state index in [1.54, 1.807) is 18.2 Å². The van der Waals surface area contributed by atoms with Gasteiger partial charge in [-0.15, -0.1) is 10.2 Å². The Morgan fingerprint density at radius 2 is 1.97 bits per heavy atom. The zero-order chi connectivity index (χ0) is 22.5. The Labute approximate surface area is 190 Å². The molecule has 1 amide bonds. The molecule has 2 heterocycles. The molecule has 1 aromatic heterocycles. The number of hydrogen-bond donors (Lipinski definition) is 1. The molecule has 1 atom stereocenters. The van der Waals surface area contributed by atoms with Crippen LogP contribution in [0.15, 0.2) is 53.9 Å². The summed E-state index contributed by atoms with van der Waals surface area (Å²) in [6, 6.07) is 12.0. The Kier molecular flexibility index (Phi) is 6.94. The average Bonchev–Trinajstić information content (AvgIpc) is 3.12. The standard InChI is InChI=1S/C23H25FN4O3S/c1-15(2)22(16-8-9-19-20(12-16)31-11-5-10-30-19)26-21(29)13-32-23-27-25-14-28(23)18-7-4-3-6-17(18)24/h3-4,6-9,12,14-15,22H,5,10-11,13H2,1-2H3,(H,26,29). The number of hydrogen-bond acceptors (Lipinski definition) is 6. The summed E-state index contributed by atoms with van der Waals surface area (Å²) in [7, 11) is 0. The number of rotatable bonds is 7. The van der Waals surface area contributed by atoms with Gasteiger partial charge in [-0.2, -0.15) is 0 Å². The van der Waals surface area contributed by atoms with E-state index in [0.717, 1.165) is 17.7 Å². The highest BCUT2D eigenvalue weighted by Gasteiger charge is 2.22. The molecule has 32 heavy (non-hydrogen) atoms. The van der Waals surface area contributed by atoms with Crippen LogP contribution < -0.4 is 14.8 Å². The normalized spacial score (nSPS) is 14.1. The highest BCUT2D eigenvalue weighted by atomic mass is 32.2. The van der Waals surface area contributed by atoms with Crippen molar-refractivity contribution in [2.75, 3.05) is 19.0 Å². The van der Waals surface area contributed by atoms with Crippen LogP contribution in [0.25, 0.3) is 5.69 Å². The molecule has 0 radical (unpaired) electrons. The maximum Gasteiger partial charge on any atom is 0.230 e. The maximum absolute atomic E-state index is 14.1. The van der Waals surface area contributed by atoms with E-state index in [1.165, 1.54) is 28.7 Å². The number of carbonyl (C=O) groups excluding carboxylic acids is 1. The van der Waals surface area contributed by atoms with Gasteiger partial charge >= 0.3 is 0 Å². The molecule has 1 aliphatic rings. The first-order valence-electron chi connectivity index (χ1n) is 10.5. The van der Waals surface area contributed by atoms with Crippen molar-refractivity contribution >= 4 is 17.7 Å². The molecule has 0 fully saturated rings. The van der Waals surface area contributed by atoms with Gasteiger partial charge in [0.2, 0.25) is 5.91 Å². The van der Waals surface area contributed by atoms with Crippen LogP contribution in [0.2, 0.25) is 0 Å².